The largest absolute Gasteiger partial charge is 0.354 e. The highest BCUT2D eigenvalue weighted by atomic mass is 127. The van der Waals surface area contributed by atoms with Gasteiger partial charge in [0.15, 0.2) is 5.96 Å². The Morgan fingerprint density at radius 1 is 1.36 bits per heavy atom. The van der Waals surface area contributed by atoms with Crippen LogP contribution in [0, 0.1) is 5.82 Å². The topological polar surface area (TPSA) is 47.9 Å². The van der Waals surface area contributed by atoms with Crippen LogP contribution in [0.4, 0.5) is 4.39 Å². The number of nitrogens with one attached hydrogen (secondary N) is 1. The maximum atomic E-state index is 13.6. The summed E-state index contributed by atoms with van der Waals surface area (Å²) in [6, 6.07) is 4.93. The molecule has 25 heavy (non-hydrogen) atoms. The average Bonchev–Trinajstić information content (AvgIpc) is 2.53. The van der Waals surface area contributed by atoms with E-state index >= 15 is 0 Å². The van der Waals surface area contributed by atoms with Crippen molar-refractivity contribution in [1.29, 1.82) is 0 Å². The van der Waals surface area contributed by atoms with Crippen LogP contribution >= 0.6 is 35.6 Å². The van der Waals surface area contributed by atoms with Crippen LogP contribution in [-0.2, 0) is 11.3 Å². The number of aliphatic imine (C=N–C) groups is 1. The first kappa shape index (κ1) is 23.9. The molecule has 0 spiro atoms. The molecule has 142 valence electrons. The third-order valence-corrected chi connectivity index (χ3v) is 3.92. The Labute approximate surface area is 171 Å². The van der Waals surface area contributed by atoms with Crippen LogP contribution in [-0.4, -0.2) is 55.4 Å². The molecule has 8 heteroatoms. The lowest BCUT2D eigenvalue weighted by Crippen LogP contribution is -2.43. The van der Waals surface area contributed by atoms with E-state index in [0.29, 0.717) is 12.5 Å². The molecular formula is C17H27ClFIN4O. The Bertz CT molecular complexity index is 598. The van der Waals surface area contributed by atoms with Crippen molar-refractivity contribution in [3.63, 3.8) is 0 Å². The third kappa shape index (κ3) is 8.22. The van der Waals surface area contributed by atoms with Crippen molar-refractivity contribution in [1.82, 2.24) is 15.1 Å². The van der Waals surface area contributed by atoms with Gasteiger partial charge in [0.2, 0.25) is 5.91 Å². The van der Waals surface area contributed by atoms with Crippen molar-refractivity contribution in [2.45, 2.75) is 32.9 Å². The second-order valence-corrected chi connectivity index (χ2v) is 6.39. The number of halogens is 3. The third-order valence-electron chi connectivity index (χ3n) is 3.62. The molecule has 0 bridgehead atoms. The van der Waals surface area contributed by atoms with Crippen LogP contribution in [0.5, 0.6) is 0 Å². The zero-order chi connectivity index (χ0) is 18.3. The number of carbonyl (C=O) groups excluding carboxylic acids is 1. The molecule has 1 N–H and O–H groups in total. The number of nitrogens with zero attached hydrogens (tertiary/aromatic N) is 3. The molecule has 5 nitrogen and oxygen atoms in total. The normalized spacial score (nSPS) is 12.2. The number of carbonyl (C=O) groups is 1. The minimum atomic E-state index is -0.446. The van der Waals surface area contributed by atoms with Crippen molar-refractivity contribution < 1.29 is 9.18 Å². The predicted molar refractivity (Wildman–Crippen MR) is 112 cm³/mol. The summed E-state index contributed by atoms with van der Waals surface area (Å²) in [5.74, 6) is 0.0815. The monoisotopic (exact) mass is 484 g/mol. The van der Waals surface area contributed by atoms with Crippen molar-refractivity contribution in [3.05, 3.63) is 34.6 Å². The van der Waals surface area contributed by atoms with Gasteiger partial charge in [-0.05, 0) is 31.0 Å². The highest BCUT2D eigenvalue weighted by Crippen LogP contribution is 2.16. The lowest BCUT2D eigenvalue weighted by molar-refractivity contribution is -0.127. The molecule has 0 radical (unpaired) electrons. The number of amides is 1. The van der Waals surface area contributed by atoms with Gasteiger partial charge in [0.25, 0.3) is 0 Å². The number of rotatable bonds is 6. The van der Waals surface area contributed by atoms with Crippen LogP contribution < -0.4 is 5.32 Å². The summed E-state index contributed by atoms with van der Waals surface area (Å²) in [6.45, 7) is 4.62. The second kappa shape index (κ2) is 11.5. The molecule has 0 fully saturated rings. The van der Waals surface area contributed by atoms with Crippen molar-refractivity contribution in [2.75, 3.05) is 27.7 Å². The highest BCUT2D eigenvalue weighted by Gasteiger charge is 2.12. The first-order chi connectivity index (χ1) is 11.2. The summed E-state index contributed by atoms with van der Waals surface area (Å²) in [6.07, 6.45) is 0.921. The summed E-state index contributed by atoms with van der Waals surface area (Å²) in [5.41, 5.74) is 0.775. The van der Waals surface area contributed by atoms with Crippen molar-refractivity contribution >= 4 is 47.4 Å². The Hall–Kier alpha value is -1.09. The van der Waals surface area contributed by atoms with Gasteiger partial charge in [-0.15, -0.1) is 24.0 Å². The molecule has 1 atom stereocenters. The van der Waals surface area contributed by atoms with E-state index < -0.39 is 5.82 Å². The van der Waals surface area contributed by atoms with Crippen LogP contribution in [0.25, 0.3) is 0 Å². The fourth-order valence-corrected chi connectivity index (χ4v) is 1.99. The number of likely N-dealkylation sites (N-methyl/N-ethyl adjacent to an activating group) is 1. The van der Waals surface area contributed by atoms with Crippen LogP contribution in [0.15, 0.2) is 23.2 Å². The zero-order valence-electron chi connectivity index (χ0n) is 15.3. The van der Waals surface area contributed by atoms with Crippen LogP contribution in [0.3, 0.4) is 0 Å². The van der Waals surface area contributed by atoms with E-state index in [2.05, 4.69) is 17.2 Å². The summed E-state index contributed by atoms with van der Waals surface area (Å²) in [4.78, 5) is 19.5. The van der Waals surface area contributed by atoms with Gasteiger partial charge in [-0.1, -0.05) is 24.6 Å². The highest BCUT2D eigenvalue weighted by molar-refractivity contribution is 14.0. The van der Waals surface area contributed by atoms with Crippen LogP contribution in [0.1, 0.15) is 25.8 Å². The van der Waals surface area contributed by atoms with Gasteiger partial charge < -0.3 is 15.1 Å². The van der Waals surface area contributed by atoms with Crippen molar-refractivity contribution in [3.8, 4) is 0 Å². The van der Waals surface area contributed by atoms with Gasteiger partial charge in [0.05, 0.1) is 5.02 Å². The standard InChI is InChI=1S/C17H26ClFN4O.HI/c1-6-12(2)21-17(20-10-16(24)22(3)4)23(5)11-13-7-8-14(18)15(19)9-13;/h7-9,12H,6,10-11H2,1-5H3,(H,20,21);1H. The molecule has 1 amide bonds. The number of hydrogen-bond donors (Lipinski definition) is 1. The minimum absolute atomic E-state index is 0. The smallest absolute Gasteiger partial charge is 0.243 e. The van der Waals surface area contributed by atoms with E-state index in [1.54, 1.807) is 20.2 Å². The van der Waals surface area contributed by atoms with Gasteiger partial charge in [-0.25, -0.2) is 9.38 Å². The first-order valence-corrected chi connectivity index (χ1v) is 8.28. The lowest BCUT2D eigenvalue weighted by Gasteiger charge is -2.25. The van der Waals surface area contributed by atoms with E-state index in [1.807, 2.05) is 18.9 Å². The molecule has 1 aromatic carbocycles. The molecule has 1 aromatic rings. The van der Waals surface area contributed by atoms with E-state index in [0.717, 1.165) is 12.0 Å². The molecule has 0 aliphatic rings. The average molecular weight is 485 g/mol. The first-order valence-electron chi connectivity index (χ1n) is 7.90. The maximum Gasteiger partial charge on any atom is 0.243 e. The van der Waals surface area contributed by atoms with Crippen molar-refractivity contribution in [2.24, 2.45) is 4.99 Å². The fraction of sp³-hybridized carbons (Fsp3) is 0.529. The molecule has 0 aromatic heterocycles. The molecule has 1 unspecified atom stereocenters. The fourth-order valence-electron chi connectivity index (χ4n) is 1.87. The molecule has 0 aliphatic carbocycles. The van der Waals surface area contributed by atoms with E-state index in [9.17, 15) is 9.18 Å². The predicted octanol–water partition coefficient (Wildman–Crippen LogP) is 3.36. The number of benzene rings is 1. The van der Waals surface area contributed by atoms with E-state index in [4.69, 9.17) is 11.6 Å². The Kier molecular flexibility index (Phi) is 11.0. The quantitative estimate of drug-likeness (QED) is 0.383. The van der Waals surface area contributed by atoms with Gasteiger partial charge in [0, 0.05) is 33.7 Å². The summed E-state index contributed by atoms with van der Waals surface area (Å²) in [5, 5.41) is 3.39. The summed E-state index contributed by atoms with van der Waals surface area (Å²) in [7, 11) is 5.24. The van der Waals surface area contributed by atoms with Gasteiger partial charge in [-0.2, -0.15) is 0 Å². The molecule has 0 heterocycles. The summed E-state index contributed by atoms with van der Waals surface area (Å²) < 4.78 is 13.6. The Balaban J connectivity index is 0.00000576. The number of hydrogen-bond acceptors (Lipinski definition) is 2. The molecule has 0 aliphatic heterocycles. The lowest BCUT2D eigenvalue weighted by atomic mass is 10.2. The second-order valence-electron chi connectivity index (χ2n) is 5.99. The minimum Gasteiger partial charge on any atom is -0.354 e. The number of guanidine groups is 1. The maximum absolute atomic E-state index is 13.6. The molecular weight excluding hydrogens is 458 g/mol. The van der Waals surface area contributed by atoms with Gasteiger partial charge in [-0.3, -0.25) is 4.79 Å². The SMILES string of the molecule is CCC(C)NC(=NCC(=O)N(C)C)N(C)Cc1ccc(Cl)c(F)c1.I. The zero-order valence-corrected chi connectivity index (χ0v) is 18.4. The van der Waals surface area contributed by atoms with Crippen LogP contribution in [0.2, 0.25) is 5.02 Å². The molecule has 0 saturated heterocycles. The Morgan fingerprint density at radius 2 is 2.00 bits per heavy atom. The van der Waals surface area contributed by atoms with E-state index in [1.165, 1.54) is 17.0 Å². The molecule has 0 saturated carbocycles. The Morgan fingerprint density at radius 3 is 2.52 bits per heavy atom. The molecule has 1 rings (SSSR count). The van der Waals surface area contributed by atoms with E-state index in [-0.39, 0.29) is 47.5 Å². The van der Waals surface area contributed by atoms with Gasteiger partial charge >= 0.3 is 0 Å². The van der Waals surface area contributed by atoms with Gasteiger partial charge in [0.1, 0.15) is 12.4 Å². The summed E-state index contributed by atoms with van der Waals surface area (Å²) >= 11 is 5.71.